The summed E-state index contributed by atoms with van der Waals surface area (Å²) in [6.07, 6.45) is 1.97. The van der Waals surface area contributed by atoms with E-state index in [9.17, 15) is 13.6 Å². The quantitative estimate of drug-likeness (QED) is 0.819. The van der Waals surface area contributed by atoms with Gasteiger partial charge in [0.1, 0.15) is 5.60 Å². The molecule has 140 valence electrons. The van der Waals surface area contributed by atoms with Crippen LogP contribution in [0.5, 0.6) is 5.88 Å². The number of pyridine rings is 2. The van der Waals surface area contributed by atoms with Crippen LogP contribution in [0.15, 0.2) is 24.5 Å². The van der Waals surface area contributed by atoms with Gasteiger partial charge in [-0.25, -0.2) is 23.5 Å². The van der Waals surface area contributed by atoms with Crippen LogP contribution in [0.4, 0.5) is 19.4 Å². The molecule has 0 N–H and O–H groups in total. The molecule has 0 saturated heterocycles. The summed E-state index contributed by atoms with van der Waals surface area (Å²) in [5, 5.41) is 0. The van der Waals surface area contributed by atoms with Gasteiger partial charge < -0.3 is 9.47 Å². The molecule has 2 rings (SSSR count). The normalized spacial score (nSPS) is 11.2. The van der Waals surface area contributed by atoms with Crippen molar-refractivity contribution in [1.82, 2.24) is 9.97 Å². The Labute approximate surface area is 150 Å². The number of amides is 1. The van der Waals surface area contributed by atoms with Crippen molar-refractivity contribution in [1.29, 1.82) is 0 Å². The second-order valence-electron chi connectivity index (χ2n) is 6.72. The third-order valence-corrected chi connectivity index (χ3v) is 3.23. The Hall–Kier alpha value is -2.77. The van der Waals surface area contributed by atoms with Crippen LogP contribution in [0, 0.1) is 18.6 Å². The number of hydrogen-bond donors (Lipinski definition) is 0. The molecule has 26 heavy (non-hydrogen) atoms. The van der Waals surface area contributed by atoms with Gasteiger partial charge in [0.15, 0.2) is 17.5 Å². The summed E-state index contributed by atoms with van der Waals surface area (Å²) in [6, 6.07) is 2.42. The van der Waals surface area contributed by atoms with Crippen molar-refractivity contribution in [2.75, 3.05) is 12.0 Å². The molecule has 0 unspecified atom stereocenters. The molecule has 0 aliphatic carbocycles. The van der Waals surface area contributed by atoms with Crippen LogP contribution in [0.1, 0.15) is 31.9 Å². The van der Waals surface area contributed by atoms with Crippen LogP contribution in [0.2, 0.25) is 0 Å². The smallest absolute Gasteiger partial charge is 0.416 e. The molecular weight excluding hydrogens is 344 g/mol. The molecule has 0 saturated carbocycles. The molecule has 8 heteroatoms. The van der Waals surface area contributed by atoms with E-state index in [2.05, 4.69) is 9.97 Å². The first kappa shape index (κ1) is 19.6. The first-order valence-electron chi connectivity index (χ1n) is 7.92. The third kappa shape index (κ3) is 4.87. The molecule has 0 atom stereocenters. The van der Waals surface area contributed by atoms with Crippen LogP contribution in [-0.4, -0.2) is 28.8 Å². The van der Waals surface area contributed by atoms with E-state index in [-0.39, 0.29) is 18.2 Å². The Morgan fingerprint density at radius 1 is 1.15 bits per heavy atom. The fraction of sp³-hybridized carbons (Fsp3) is 0.389. The zero-order valence-electron chi connectivity index (χ0n) is 15.3. The summed E-state index contributed by atoms with van der Waals surface area (Å²) in [7, 11) is 1.30. The van der Waals surface area contributed by atoms with Crippen LogP contribution >= 0.6 is 0 Å². The van der Waals surface area contributed by atoms with E-state index in [4.69, 9.17) is 9.47 Å². The average Bonchev–Trinajstić information content (AvgIpc) is 2.51. The van der Waals surface area contributed by atoms with Crippen LogP contribution in [0.3, 0.4) is 0 Å². The maximum atomic E-state index is 14.4. The number of nitrogens with zero attached hydrogens (tertiary/aromatic N) is 3. The first-order chi connectivity index (χ1) is 12.1. The maximum absolute atomic E-state index is 14.4. The number of aryl methyl sites for hydroxylation is 1. The van der Waals surface area contributed by atoms with Gasteiger partial charge in [0.2, 0.25) is 5.88 Å². The number of ether oxygens (including phenoxy) is 2. The second-order valence-corrected chi connectivity index (χ2v) is 6.72. The Balaban J connectivity index is 2.40. The van der Waals surface area contributed by atoms with Crippen molar-refractivity contribution in [3.05, 3.63) is 47.3 Å². The summed E-state index contributed by atoms with van der Waals surface area (Å²) in [6.45, 7) is 6.58. The predicted molar refractivity (Wildman–Crippen MR) is 92.1 cm³/mol. The van der Waals surface area contributed by atoms with Gasteiger partial charge in [0.25, 0.3) is 0 Å². The Bertz CT molecular complexity index is 807. The molecule has 2 heterocycles. The molecule has 2 aromatic rings. The van der Waals surface area contributed by atoms with Gasteiger partial charge in [0, 0.05) is 12.4 Å². The van der Waals surface area contributed by atoms with Crippen LogP contribution in [0.25, 0.3) is 0 Å². The number of methoxy groups -OCH3 is 1. The van der Waals surface area contributed by atoms with Crippen molar-refractivity contribution < 1.29 is 23.0 Å². The lowest BCUT2D eigenvalue weighted by molar-refractivity contribution is 0.0575. The van der Waals surface area contributed by atoms with Gasteiger partial charge in [0.05, 0.1) is 13.7 Å². The van der Waals surface area contributed by atoms with Crippen molar-refractivity contribution in [3.8, 4) is 5.88 Å². The maximum Gasteiger partial charge on any atom is 0.416 e. The Morgan fingerprint density at radius 3 is 2.38 bits per heavy atom. The van der Waals surface area contributed by atoms with E-state index in [1.54, 1.807) is 27.7 Å². The number of hydrogen-bond acceptors (Lipinski definition) is 5. The van der Waals surface area contributed by atoms with Gasteiger partial charge in [-0.15, -0.1) is 0 Å². The Kier molecular flexibility index (Phi) is 5.74. The molecule has 1 amide bonds. The molecule has 0 spiro atoms. The van der Waals surface area contributed by atoms with E-state index >= 15 is 0 Å². The molecule has 2 aromatic heterocycles. The number of carbonyl (C=O) groups excluding carboxylic acids is 1. The predicted octanol–water partition coefficient (Wildman–Crippen LogP) is 4.01. The highest BCUT2D eigenvalue weighted by Crippen LogP contribution is 2.23. The summed E-state index contributed by atoms with van der Waals surface area (Å²) >= 11 is 0. The van der Waals surface area contributed by atoms with Crippen molar-refractivity contribution in [2.45, 2.75) is 39.8 Å². The third-order valence-electron chi connectivity index (χ3n) is 3.23. The Morgan fingerprint density at radius 2 is 1.85 bits per heavy atom. The van der Waals surface area contributed by atoms with Gasteiger partial charge >= 0.3 is 6.09 Å². The SMILES string of the molecule is COc1ncc(CN(C(=O)OC(C)(C)C)c2ncc(C)cc2F)cc1F. The molecule has 0 radical (unpaired) electrons. The minimum Gasteiger partial charge on any atom is -0.479 e. The topological polar surface area (TPSA) is 64.5 Å². The number of rotatable bonds is 4. The number of aromatic nitrogens is 2. The number of halogens is 2. The molecule has 0 aromatic carbocycles. The van der Waals surface area contributed by atoms with E-state index in [1.807, 2.05) is 0 Å². The highest BCUT2D eigenvalue weighted by Gasteiger charge is 2.27. The fourth-order valence-corrected chi connectivity index (χ4v) is 2.15. The highest BCUT2D eigenvalue weighted by molar-refractivity contribution is 5.86. The van der Waals surface area contributed by atoms with E-state index in [1.165, 1.54) is 25.6 Å². The zero-order valence-corrected chi connectivity index (χ0v) is 15.3. The summed E-state index contributed by atoms with van der Waals surface area (Å²) < 4.78 is 38.4. The fourth-order valence-electron chi connectivity index (χ4n) is 2.15. The van der Waals surface area contributed by atoms with Crippen LogP contribution < -0.4 is 9.64 Å². The van der Waals surface area contributed by atoms with E-state index < -0.39 is 23.3 Å². The van der Waals surface area contributed by atoms with E-state index in [0.29, 0.717) is 11.1 Å². The molecule has 6 nitrogen and oxygen atoms in total. The van der Waals surface area contributed by atoms with Gasteiger partial charge in [-0.2, -0.15) is 0 Å². The van der Waals surface area contributed by atoms with Crippen LogP contribution in [-0.2, 0) is 11.3 Å². The lowest BCUT2D eigenvalue weighted by atomic mass is 10.2. The monoisotopic (exact) mass is 365 g/mol. The molecule has 0 aliphatic heterocycles. The minimum absolute atomic E-state index is 0.169. The largest absolute Gasteiger partial charge is 0.479 e. The lowest BCUT2D eigenvalue weighted by Gasteiger charge is -2.27. The molecule has 0 bridgehead atoms. The van der Waals surface area contributed by atoms with Crippen molar-refractivity contribution >= 4 is 11.9 Å². The van der Waals surface area contributed by atoms with Gasteiger partial charge in [-0.3, -0.25) is 4.90 Å². The van der Waals surface area contributed by atoms with Crippen molar-refractivity contribution in [2.24, 2.45) is 0 Å². The second kappa shape index (κ2) is 7.63. The average molecular weight is 365 g/mol. The van der Waals surface area contributed by atoms with Gasteiger partial charge in [-0.05, 0) is 51.0 Å². The number of anilines is 1. The summed E-state index contributed by atoms with van der Waals surface area (Å²) in [5.41, 5.74) is 0.142. The molecular formula is C18H21F2N3O3. The zero-order chi connectivity index (χ0) is 19.5. The molecule has 0 aliphatic rings. The highest BCUT2D eigenvalue weighted by atomic mass is 19.1. The number of carbonyl (C=O) groups is 1. The summed E-state index contributed by atoms with van der Waals surface area (Å²) in [4.78, 5) is 21.4. The molecule has 0 fully saturated rings. The summed E-state index contributed by atoms with van der Waals surface area (Å²) in [5.74, 6) is -1.75. The van der Waals surface area contributed by atoms with Gasteiger partial charge in [-0.1, -0.05) is 0 Å². The van der Waals surface area contributed by atoms with Crippen molar-refractivity contribution in [3.63, 3.8) is 0 Å². The lowest BCUT2D eigenvalue weighted by Crippen LogP contribution is -2.37. The van der Waals surface area contributed by atoms with E-state index in [0.717, 1.165) is 11.0 Å². The first-order valence-corrected chi connectivity index (χ1v) is 7.92. The standard InChI is InChI=1S/C18H21F2N3O3/c1-11-6-13(19)15(21-8-11)23(17(24)26-18(2,3)4)10-12-7-14(20)16(25-5)22-9-12/h6-9H,10H2,1-5H3. The minimum atomic E-state index is -0.802.